The highest BCUT2D eigenvalue weighted by molar-refractivity contribution is 5.80. The van der Waals surface area contributed by atoms with Crippen molar-refractivity contribution in [1.29, 1.82) is 0 Å². The molecule has 0 atom stereocenters. The molecule has 0 radical (unpaired) electrons. The van der Waals surface area contributed by atoms with Gasteiger partial charge >= 0.3 is 0 Å². The number of hydrogen-bond donors (Lipinski definition) is 2. The van der Waals surface area contributed by atoms with E-state index >= 15 is 0 Å². The third-order valence-electron chi connectivity index (χ3n) is 3.67. The standard InChI is InChI=1S/C17H22N2O3/c1-22-15-10-11-16-13(12-15)8-9-14(18-16)6-4-2-3-5-7-17(20)19-21/h8-12,21H,2-7H2,1H3,(H,19,20). The molecule has 1 amide bonds. The number of methoxy groups -OCH3 is 1. The molecule has 1 heterocycles. The summed E-state index contributed by atoms with van der Waals surface area (Å²) in [5, 5.41) is 9.47. The summed E-state index contributed by atoms with van der Waals surface area (Å²) in [4.78, 5) is 15.5. The van der Waals surface area contributed by atoms with E-state index in [9.17, 15) is 4.79 Å². The average molecular weight is 302 g/mol. The number of fused-ring (bicyclic) bond motifs is 1. The Kier molecular flexibility index (Phi) is 6.15. The van der Waals surface area contributed by atoms with Crippen molar-refractivity contribution in [2.24, 2.45) is 0 Å². The summed E-state index contributed by atoms with van der Waals surface area (Å²) in [7, 11) is 1.66. The molecule has 0 aliphatic carbocycles. The molecule has 5 heteroatoms. The quantitative estimate of drug-likeness (QED) is 0.446. The molecule has 0 unspecified atom stereocenters. The summed E-state index contributed by atoms with van der Waals surface area (Å²) in [6.07, 6.45) is 5.21. The van der Waals surface area contributed by atoms with Crippen LogP contribution in [0.4, 0.5) is 0 Å². The molecule has 0 bridgehead atoms. The van der Waals surface area contributed by atoms with Gasteiger partial charge in [0.25, 0.3) is 0 Å². The lowest BCUT2D eigenvalue weighted by atomic mass is 10.1. The fraction of sp³-hybridized carbons (Fsp3) is 0.412. The third kappa shape index (κ3) is 4.70. The number of benzene rings is 1. The molecule has 22 heavy (non-hydrogen) atoms. The van der Waals surface area contributed by atoms with E-state index in [1.807, 2.05) is 18.2 Å². The molecule has 0 fully saturated rings. The van der Waals surface area contributed by atoms with Crippen LogP contribution in [0, 0.1) is 0 Å². The predicted octanol–water partition coefficient (Wildman–Crippen LogP) is 3.24. The number of aromatic nitrogens is 1. The highest BCUT2D eigenvalue weighted by Gasteiger charge is 2.02. The molecule has 2 rings (SSSR count). The second kappa shape index (κ2) is 8.34. The van der Waals surface area contributed by atoms with Crippen molar-refractivity contribution in [3.63, 3.8) is 0 Å². The van der Waals surface area contributed by atoms with Gasteiger partial charge in [0.1, 0.15) is 5.75 Å². The molecule has 0 saturated heterocycles. The van der Waals surface area contributed by atoms with Gasteiger partial charge in [-0.1, -0.05) is 18.9 Å². The maximum atomic E-state index is 10.9. The van der Waals surface area contributed by atoms with Crippen LogP contribution in [0.15, 0.2) is 30.3 Å². The third-order valence-corrected chi connectivity index (χ3v) is 3.67. The largest absolute Gasteiger partial charge is 0.497 e. The van der Waals surface area contributed by atoms with E-state index in [4.69, 9.17) is 9.94 Å². The van der Waals surface area contributed by atoms with Crippen molar-refractivity contribution in [2.45, 2.75) is 38.5 Å². The zero-order chi connectivity index (χ0) is 15.8. The van der Waals surface area contributed by atoms with Gasteiger partial charge in [0.05, 0.1) is 12.6 Å². The molecule has 0 aliphatic heterocycles. The first-order chi connectivity index (χ1) is 10.7. The zero-order valence-corrected chi connectivity index (χ0v) is 12.8. The Bertz CT molecular complexity index is 628. The Morgan fingerprint density at radius 1 is 1.18 bits per heavy atom. The number of pyridine rings is 1. The zero-order valence-electron chi connectivity index (χ0n) is 12.8. The SMILES string of the molecule is COc1ccc2nc(CCCCCCC(=O)NO)ccc2c1. The molecular formula is C17H22N2O3. The summed E-state index contributed by atoms with van der Waals surface area (Å²) >= 11 is 0. The lowest BCUT2D eigenvalue weighted by Crippen LogP contribution is -2.17. The summed E-state index contributed by atoms with van der Waals surface area (Å²) < 4.78 is 5.21. The van der Waals surface area contributed by atoms with Gasteiger partial charge in [-0.3, -0.25) is 15.0 Å². The Labute approximate surface area is 130 Å². The first kappa shape index (κ1) is 16.2. The smallest absolute Gasteiger partial charge is 0.243 e. The van der Waals surface area contributed by atoms with Crippen molar-refractivity contribution in [2.75, 3.05) is 7.11 Å². The maximum Gasteiger partial charge on any atom is 0.243 e. The molecule has 5 nitrogen and oxygen atoms in total. The number of nitrogens with one attached hydrogen (secondary N) is 1. The van der Waals surface area contributed by atoms with Crippen molar-refractivity contribution < 1.29 is 14.7 Å². The van der Waals surface area contributed by atoms with Gasteiger partial charge in [-0.25, -0.2) is 5.48 Å². The van der Waals surface area contributed by atoms with Gasteiger partial charge in [-0.15, -0.1) is 0 Å². The van der Waals surface area contributed by atoms with E-state index in [2.05, 4.69) is 17.1 Å². The lowest BCUT2D eigenvalue weighted by molar-refractivity contribution is -0.129. The Morgan fingerprint density at radius 2 is 2.00 bits per heavy atom. The van der Waals surface area contributed by atoms with Gasteiger partial charge < -0.3 is 4.74 Å². The molecular weight excluding hydrogens is 280 g/mol. The number of hydrogen-bond acceptors (Lipinski definition) is 4. The van der Waals surface area contributed by atoms with Crippen molar-refractivity contribution in [1.82, 2.24) is 10.5 Å². The molecule has 118 valence electrons. The summed E-state index contributed by atoms with van der Waals surface area (Å²) in [6.45, 7) is 0. The van der Waals surface area contributed by atoms with Gasteiger partial charge in [0, 0.05) is 17.5 Å². The lowest BCUT2D eigenvalue weighted by Gasteiger charge is -2.05. The van der Waals surface area contributed by atoms with Gasteiger partial charge in [0.15, 0.2) is 0 Å². The molecule has 2 N–H and O–H groups in total. The van der Waals surface area contributed by atoms with Crippen LogP contribution in [0.25, 0.3) is 10.9 Å². The van der Waals surface area contributed by atoms with Crippen LogP contribution < -0.4 is 10.2 Å². The minimum Gasteiger partial charge on any atom is -0.497 e. The number of carbonyl (C=O) groups is 1. The fourth-order valence-corrected chi connectivity index (χ4v) is 2.41. The fourth-order valence-electron chi connectivity index (χ4n) is 2.41. The van der Waals surface area contributed by atoms with E-state index in [1.165, 1.54) is 0 Å². The average Bonchev–Trinajstić information content (AvgIpc) is 2.57. The molecule has 1 aromatic heterocycles. The van der Waals surface area contributed by atoms with Crippen LogP contribution in [-0.4, -0.2) is 23.2 Å². The number of unbranched alkanes of at least 4 members (excludes halogenated alkanes) is 3. The van der Waals surface area contributed by atoms with Crippen LogP contribution in [0.1, 0.15) is 37.8 Å². The van der Waals surface area contributed by atoms with Crippen molar-refractivity contribution in [3.05, 3.63) is 36.0 Å². The van der Waals surface area contributed by atoms with E-state index < -0.39 is 0 Å². The number of carbonyl (C=O) groups excluding carboxylic acids is 1. The highest BCUT2D eigenvalue weighted by Crippen LogP contribution is 2.20. The Morgan fingerprint density at radius 3 is 2.77 bits per heavy atom. The van der Waals surface area contributed by atoms with Crippen LogP contribution >= 0.6 is 0 Å². The van der Waals surface area contributed by atoms with Crippen molar-refractivity contribution in [3.8, 4) is 5.75 Å². The number of aryl methyl sites for hydroxylation is 1. The monoisotopic (exact) mass is 302 g/mol. The molecule has 2 aromatic rings. The van der Waals surface area contributed by atoms with Gasteiger partial charge in [-0.2, -0.15) is 0 Å². The number of nitrogens with zero attached hydrogens (tertiary/aromatic N) is 1. The van der Waals surface area contributed by atoms with E-state index in [-0.39, 0.29) is 5.91 Å². The summed E-state index contributed by atoms with van der Waals surface area (Å²) in [6, 6.07) is 10.0. The van der Waals surface area contributed by atoms with Crippen molar-refractivity contribution >= 4 is 16.8 Å². The number of ether oxygens (including phenoxy) is 1. The van der Waals surface area contributed by atoms with Crippen LogP contribution in [0.2, 0.25) is 0 Å². The normalized spacial score (nSPS) is 10.6. The Balaban J connectivity index is 1.78. The minimum absolute atomic E-state index is 0.313. The molecule has 0 spiro atoms. The molecule has 0 aliphatic rings. The number of rotatable bonds is 8. The second-order valence-electron chi connectivity index (χ2n) is 5.31. The number of amides is 1. The predicted molar refractivity (Wildman–Crippen MR) is 85.0 cm³/mol. The van der Waals surface area contributed by atoms with Gasteiger partial charge in [-0.05, 0) is 43.5 Å². The first-order valence-corrected chi connectivity index (χ1v) is 7.59. The minimum atomic E-state index is -0.313. The van der Waals surface area contributed by atoms with Crippen LogP contribution in [-0.2, 0) is 11.2 Å². The summed E-state index contributed by atoms with van der Waals surface area (Å²) in [5.41, 5.74) is 3.72. The van der Waals surface area contributed by atoms with Gasteiger partial charge in [0.2, 0.25) is 5.91 Å². The van der Waals surface area contributed by atoms with Crippen LogP contribution in [0.5, 0.6) is 5.75 Å². The number of hydroxylamine groups is 1. The topological polar surface area (TPSA) is 71.5 Å². The Hall–Kier alpha value is -2.14. The van der Waals surface area contributed by atoms with Crippen LogP contribution in [0.3, 0.4) is 0 Å². The molecule has 1 aromatic carbocycles. The molecule has 0 saturated carbocycles. The second-order valence-corrected chi connectivity index (χ2v) is 5.31. The van der Waals surface area contributed by atoms with E-state index in [0.717, 1.165) is 54.5 Å². The highest BCUT2D eigenvalue weighted by atomic mass is 16.5. The first-order valence-electron chi connectivity index (χ1n) is 7.59. The van der Waals surface area contributed by atoms with E-state index in [0.29, 0.717) is 6.42 Å². The van der Waals surface area contributed by atoms with E-state index in [1.54, 1.807) is 12.6 Å². The summed E-state index contributed by atoms with van der Waals surface area (Å²) in [5.74, 6) is 0.528. The maximum absolute atomic E-state index is 10.9.